The highest BCUT2D eigenvalue weighted by atomic mass is 31.1. The van der Waals surface area contributed by atoms with Gasteiger partial charge in [0.15, 0.2) is 0 Å². The molecule has 1 saturated carbocycles. The molecule has 1 aliphatic rings. The van der Waals surface area contributed by atoms with Crippen molar-refractivity contribution in [2.45, 2.75) is 116 Å². The maximum atomic E-state index is 6.54. The summed E-state index contributed by atoms with van der Waals surface area (Å²) >= 11 is 0. The Kier molecular flexibility index (Phi) is 9.40. The molecule has 1 rings (SSSR count). The zero-order chi connectivity index (χ0) is 16.9. The third-order valence-corrected chi connectivity index (χ3v) is 9.31. The van der Waals surface area contributed by atoms with Gasteiger partial charge in [-0.3, -0.25) is 0 Å². The molecule has 0 saturated heterocycles. The third kappa shape index (κ3) is 6.72. The van der Waals surface area contributed by atoms with E-state index in [2.05, 4.69) is 55.4 Å². The van der Waals surface area contributed by atoms with E-state index >= 15 is 0 Å². The van der Waals surface area contributed by atoms with Gasteiger partial charge in [-0.05, 0) is 41.9 Å². The summed E-state index contributed by atoms with van der Waals surface area (Å²) in [7, 11) is -0.632. The lowest BCUT2D eigenvalue weighted by Gasteiger charge is -2.37. The average molecular weight is 348 g/mol. The summed E-state index contributed by atoms with van der Waals surface area (Å²) in [6.45, 7) is 18.4. The van der Waals surface area contributed by atoms with Crippen LogP contribution in [0.5, 0.6) is 0 Å². The van der Waals surface area contributed by atoms with Gasteiger partial charge in [-0.25, -0.2) is 0 Å². The van der Waals surface area contributed by atoms with Gasteiger partial charge in [-0.1, -0.05) is 55.4 Å². The summed E-state index contributed by atoms with van der Waals surface area (Å²) in [5, 5.41) is 0. The van der Waals surface area contributed by atoms with Gasteiger partial charge in [0.1, 0.15) is 0 Å². The maximum Gasteiger partial charge on any atom is 0.0643 e. The lowest BCUT2D eigenvalue weighted by atomic mass is 9.95. The molecule has 0 aromatic carbocycles. The van der Waals surface area contributed by atoms with Crippen LogP contribution in [-0.2, 0) is 9.05 Å². The highest BCUT2D eigenvalue weighted by Crippen LogP contribution is 2.52. The van der Waals surface area contributed by atoms with E-state index in [-0.39, 0.29) is 16.3 Å². The lowest BCUT2D eigenvalue weighted by Crippen LogP contribution is -2.28. The van der Waals surface area contributed by atoms with Crippen molar-refractivity contribution >= 4 is 16.3 Å². The molecule has 0 heterocycles. The molecular formula is C18H38O2P2. The summed E-state index contributed by atoms with van der Waals surface area (Å²) in [6, 6.07) is 0. The van der Waals surface area contributed by atoms with E-state index in [4.69, 9.17) is 9.05 Å². The lowest BCUT2D eigenvalue weighted by molar-refractivity contribution is 0.0802. The van der Waals surface area contributed by atoms with Crippen molar-refractivity contribution in [1.29, 1.82) is 0 Å². The molecule has 1 aliphatic carbocycles. The SMILES string of the molecule is CC(C)P(O[C@@H]1CCC[C@H](OP(C(C)C)C(C)C)C1)C(C)C. The fourth-order valence-electron chi connectivity index (χ4n) is 3.32. The molecule has 2 nitrogen and oxygen atoms in total. The highest BCUT2D eigenvalue weighted by Gasteiger charge is 2.31. The van der Waals surface area contributed by atoms with Gasteiger partial charge >= 0.3 is 0 Å². The average Bonchev–Trinajstić information content (AvgIpc) is 2.41. The van der Waals surface area contributed by atoms with Crippen molar-refractivity contribution in [2.75, 3.05) is 0 Å². The molecular weight excluding hydrogens is 310 g/mol. The largest absolute Gasteiger partial charge is 0.355 e. The van der Waals surface area contributed by atoms with E-state index in [9.17, 15) is 0 Å². The molecule has 0 aromatic rings. The number of hydrogen-bond donors (Lipinski definition) is 0. The van der Waals surface area contributed by atoms with Crippen molar-refractivity contribution in [3.8, 4) is 0 Å². The Morgan fingerprint density at radius 1 is 0.636 bits per heavy atom. The minimum absolute atomic E-state index is 0.316. The molecule has 22 heavy (non-hydrogen) atoms. The zero-order valence-electron chi connectivity index (χ0n) is 16.0. The molecule has 0 aliphatic heterocycles. The summed E-state index contributed by atoms with van der Waals surface area (Å²) in [4.78, 5) is 0. The normalized spacial score (nSPS) is 23.7. The summed E-state index contributed by atoms with van der Waals surface area (Å²) in [5.41, 5.74) is 2.61. The fourth-order valence-corrected chi connectivity index (χ4v) is 7.75. The molecule has 0 bridgehead atoms. The van der Waals surface area contributed by atoms with Crippen LogP contribution in [0.1, 0.15) is 81.1 Å². The topological polar surface area (TPSA) is 18.5 Å². The standard InChI is InChI=1S/C18H38O2P2/c1-13(2)21(14(3)4)19-17-10-9-11-18(12-17)20-22(15(5)6)16(7)8/h13-18H,9-12H2,1-8H3/t17-,18+. The Bertz CT molecular complexity index is 261. The van der Waals surface area contributed by atoms with Crippen molar-refractivity contribution < 1.29 is 9.05 Å². The summed E-state index contributed by atoms with van der Waals surface area (Å²) in [6.07, 6.45) is 5.65. The van der Waals surface area contributed by atoms with Gasteiger partial charge in [0.2, 0.25) is 0 Å². The van der Waals surface area contributed by atoms with Crippen LogP contribution in [0.4, 0.5) is 0 Å². The Labute approximate surface area is 141 Å². The maximum absolute atomic E-state index is 6.54. The van der Waals surface area contributed by atoms with E-state index < -0.39 is 0 Å². The number of hydrogen-bond acceptors (Lipinski definition) is 2. The van der Waals surface area contributed by atoms with Crippen LogP contribution in [0.25, 0.3) is 0 Å². The molecule has 4 heteroatoms. The fraction of sp³-hybridized carbons (Fsp3) is 1.00. The van der Waals surface area contributed by atoms with Crippen LogP contribution in [0, 0.1) is 0 Å². The van der Waals surface area contributed by atoms with Crippen molar-refractivity contribution in [3.63, 3.8) is 0 Å². The third-order valence-electron chi connectivity index (χ3n) is 4.16. The second kappa shape index (κ2) is 9.93. The molecule has 132 valence electrons. The summed E-state index contributed by atoms with van der Waals surface area (Å²) < 4.78 is 13.1. The minimum Gasteiger partial charge on any atom is -0.355 e. The zero-order valence-corrected chi connectivity index (χ0v) is 17.8. The Morgan fingerprint density at radius 2 is 0.955 bits per heavy atom. The predicted molar refractivity (Wildman–Crippen MR) is 103 cm³/mol. The van der Waals surface area contributed by atoms with Gasteiger partial charge in [0.25, 0.3) is 0 Å². The van der Waals surface area contributed by atoms with Crippen LogP contribution >= 0.6 is 16.3 Å². The van der Waals surface area contributed by atoms with Gasteiger partial charge < -0.3 is 9.05 Å². The van der Waals surface area contributed by atoms with E-state index in [0.717, 1.165) is 6.42 Å². The van der Waals surface area contributed by atoms with Gasteiger partial charge in [0, 0.05) is 22.7 Å². The monoisotopic (exact) mass is 348 g/mol. The van der Waals surface area contributed by atoms with Crippen molar-refractivity contribution in [1.82, 2.24) is 0 Å². The Balaban J connectivity index is 2.57. The summed E-state index contributed by atoms with van der Waals surface area (Å²) in [5.74, 6) is 0. The minimum atomic E-state index is -0.316. The quantitative estimate of drug-likeness (QED) is 0.451. The molecule has 0 radical (unpaired) electrons. The first-order chi connectivity index (χ1) is 10.2. The Morgan fingerprint density at radius 3 is 1.23 bits per heavy atom. The molecule has 0 unspecified atom stereocenters. The van der Waals surface area contributed by atoms with Gasteiger partial charge in [-0.15, -0.1) is 0 Å². The van der Waals surface area contributed by atoms with E-state index in [1.807, 2.05) is 0 Å². The molecule has 0 spiro atoms. The number of rotatable bonds is 8. The van der Waals surface area contributed by atoms with Crippen molar-refractivity contribution in [2.24, 2.45) is 0 Å². The first-order valence-corrected chi connectivity index (χ1v) is 11.9. The molecule has 0 amide bonds. The second-order valence-corrected chi connectivity index (χ2v) is 13.7. The first-order valence-electron chi connectivity index (χ1n) is 9.12. The smallest absolute Gasteiger partial charge is 0.0643 e. The van der Waals surface area contributed by atoms with Crippen LogP contribution in [-0.4, -0.2) is 34.8 Å². The Hall–Kier alpha value is 0.780. The van der Waals surface area contributed by atoms with Crippen LogP contribution in [0.15, 0.2) is 0 Å². The molecule has 0 aromatic heterocycles. The van der Waals surface area contributed by atoms with Crippen LogP contribution < -0.4 is 0 Å². The van der Waals surface area contributed by atoms with Gasteiger partial charge in [-0.2, -0.15) is 0 Å². The first kappa shape index (κ1) is 20.8. The van der Waals surface area contributed by atoms with Crippen molar-refractivity contribution in [3.05, 3.63) is 0 Å². The van der Waals surface area contributed by atoms with Crippen LogP contribution in [0.3, 0.4) is 0 Å². The van der Waals surface area contributed by atoms with E-state index in [1.165, 1.54) is 19.3 Å². The molecule has 1 fully saturated rings. The van der Waals surface area contributed by atoms with Crippen LogP contribution in [0.2, 0.25) is 0 Å². The van der Waals surface area contributed by atoms with E-state index in [0.29, 0.717) is 34.8 Å². The molecule has 2 atom stereocenters. The second-order valence-electron chi connectivity index (χ2n) is 7.72. The molecule has 0 N–H and O–H groups in total. The van der Waals surface area contributed by atoms with Gasteiger partial charge in [0.05, 0.1) is 12.2 Å². The predicted octanol–water partition coefficient (Wildman–Crippen LogP) is 6.76. The highest BCUT2D eigenvalue weighted by molar-refractivity contribution is 7.54. The van der Waals surface area contributed by atoms with E-state index in [1.54, 1.807) is 0 Å².